The zero-order valence-electron chi connectivity index (χ0n) is 21.4. The molecule has 0 saturated carbocycles. The van der Waals surface area contributed by atoms with Crippen molar-refractivity contribution < 1.29 is 36.8 Å². The van der Waals surface area contributed by atoms with Crippen molar-refractivity contribution in [2.45, 2.75) is 37.1 Å². The maximum absolute atomic E-state index is 13.2. The number of hydrogen-bond donors (Lipinski definition) is 2. The molecule has 1 fully saturated rings. The fourth-order valence-electron chi connectivity index (χ4n) is 4.15. The van der Waals surface area contributed by atoms with Gasteiger partial charge in [-0.25, -0.2) is 0 Å². The number of methoxy groups -OCH3 is 2. The molecule has 0 amide bonds. The third kappa shape index (κ3) is 10.4. The molecule has 0 aliphatic carbocycles. The Labute approximate surface area is 219 Å². The van der Waals surface area contributed by atoms with Crippen LogP contribution in [-0.4, -0.2) is 86.9 Å². The van der Waals surface area contributed by atoms with Crippen LogP contribution in [0.5, 0.6) is 0 Å². The summed E-state index contributed by atoms with van der Waals surface area (Å²) in [6, 6.07) is 18.0. The monoisotopic (exact) mass is 538 g/mol. The molecule has 0 unspecified atom stereocenters. The largest absolute Gasteiger partial charge is 0.382 e. The van der Waals surface area contributed by atoms with Crippen LogP contribution in [0.2, 0.25) is 0 Å². The lowest BCUT2D eigenvalue weighted by Gasteiger charge is -2.34. The summed E-state index contributed by atoms with van der Waals surface area (Å²) in [6.45, 7) is 1.41. The molecule has 4 atom stereocenters. The Morgan fingerprint density at radius 2 is 1.05 bits per heavy atom. The van der Waals surface area contributed by atoms with Gasteiger partial charge in [0.2, 0.25) is 0 Å². The van der Waals surface area contributed by atoms with Gasteiger partial charge in [-0.1, -0.05) is 60.7 Å². The molecule has 2 aromatic carbocycles. The minimum atomic E-state index is -3.88. The first kappa shape index (κ1) is 29.6. The first-order chi connectivity index (χ1) is 18.0. The highest BCUT2D eigenvalue weighted by molar-refractivity contribution is 7.87. The van der Waals surface area contributed by atoms with Crippen LogP contribution >= 0.6 is 0 Å². The molecule has 2 N–H and O–H groups in total. The predicted octanol–water partition coefficient (Wildman–Crippen LogP) is 1.66. The molecule has 11 heteroatoms. The molecule has 2 aromatic rings. The summed E-state index contributed by atoms with van der Waals surface area (Å²) in [5, 5.41) is 0. The molecule has 10 nitrogen and oxygen atoms in total. The third-order valence-electron chi connectivity index (χ3n) is 5.88. The summed E-state index contributed by atoms with van der Waals surface area (Å²) in [4.78, 5) is 0. The van der Waals surface area contributed by atoms with Crippen LogP contribution in [0, 0.1) is 0 Å². The second-order valence-electron chi connectivity index (χ2n) is 8.63. The van der Waals surface area contributed by atoms with E-state index in [1.54, 1.807) is 14.2 Å². The van der Waals surface area contributed by atoms with Gasteiger partial charge in [0.1, 0.15) is 25.8 Å². The Bertz CT molecular complexity index is 907. The maximum Gasteiger partial charge on any atom is 0.277 e. The van der Waals surface area contributed by atoms with E-state index >= 15 is 0 Å². The van der Waals surface area contributed by atoms with Gasteiger partial charge in [0.15, 0.2) is 0 Å². The highest BCUT2D eigenvalue weighted by Crippen LogP contribution is 2.23. The lowest BCUT2D eigenvalue weighted by Crippen LogP contribution is -2.52. The standard InChI is InChI=1S/C26H38N2O8S/c1-31-13-15-33-19-35-25-23(17-21-9-5-3-6-10-21)27-37(29,30)28-24(18-22-11-7-4-8-12-22)26(25)36-20-34-16-14-32-2/h3-12,23-28H,13-20H2,1-2H3/t23-,24-,25+,26+/m1/s1. The van der Waals surface area contributed by atoms with Crippen LogP contribution in [0.25, 0.3) is 0 Å². The first-order valence-corrected chi connectivity index (χ1v) is 13.7. The summed E-state index contributed by atoms with van der Waals surface area (Å²) in [6.07, 6.45) is -0.584. The van der Waals surface area contributed by atoms with E-state index in [0.29, 0.717) is 39.3 Å². The lowest BCUT2D eigenvalue weighted by molar-refractivity contribution is -0.182. The highest BCUT2D eigenvalue weighted by atomic mass is 32.2. The Hall–Kier alpha value is -1.93. The number of benzene rings is 2. The van der Waals surface area contributed by atoms with Gasteiger partial charge in [0, 0.05) is 14.2 Å². The molecule has 0 radical (unpaired) electrons. The van der Waals surface area contributed by atoms with Crippen molar-refractivity contribution in [1.82, 2.24) is 9.44 Å². The van der Waals surface area contributed by atoms with Crippen molar-refractivity contribution in [2.24, 2.45) is 0 Å². The van der Waals surface area contributed by atoms with Crippen LogP contribution < -0.4 is 9.44 Å². The second kappa shape index (κ2) is 16.1. The van der Waals surface area contributed by atoms with Gasteiger partial charge in [0.25, 0.3) is 10.2 Å². The topological polar surface area (TPSA) is 114 Å². The molecule has 206 valence electrons. The normalized spacial score (nSPS) is 23.5. The van der Waals surface area contributed by atoms with E-state index in [9.17, 15) is 8.42 Å². The summed E-state index contributed by atoms with van der Waals surface area (Å²) < 4.78 is 65.5. The maximum atomic E-state index is 13.2. The van der Waals surface area contributed by atoms with Crippen molar-refractivity contribution in [3.63, 3.8) is 0 Å². The predicted molar refractivity (Wildman–Crippen MR) is 138 cm³/mol. The minimum absolute atomic E-state index is 0.0521. The van der Waals surface area contributed by atoms with Crippen molar-refractivity contribution in [3.05, 3.63) is 71.8 Å². The van der Waals surface area contributed by atoms with E-state index in [4.69, 9.17) is 28.4 Å². The minimum Gasteiger partial charge on any atom is -0.382 e. The van der Waals surface area contributed by atoms with E-state index in [-0.39, 0.29) is 13.6 Å². The highest BCUT2D eigenvalue weighted by Gasteiger charge is 2.43. The average molecular weight is 539 g/mol. The lowest BCUT2D eigenvalue weighted by atomic mass is 9.92. The molecular formula is C26H38N2O8S. The number of hydrogen-bond acceptors (Lipinski definition) is 8. The Balaban J connectivity index is 1.89. The molecule has 1 aliphatic heterocycles. The molecule has 0 bridgehead atoms. The Kier molecular flexibility index (Phi) is 12.9. The third-order valence-corrected chi connectivity index (χ3v) is 7.10. The molecule has 1 saturated heterocycles. The van der Waals surface area contributed by atoms with Crippen LogP contribution in [-0.2, 0) is 51.5 Å². The zero-order chi connectivity index (χ0) is 26.3. The fraction of sp³-hybridized carbons (Fsp3) is 0.538. The van der Waals surface area contributed by atoms with Gasteiger partial charge in [-0.15, -0.1) is 0 Å². The van der Waals surface area contributed by atoms with E-state index < -0.39 is 34.5 Å². The van der Waals surface area contributed by atoms with Crippen LogP contribution in [0.3, 0.4) is 0 Å². The van der Waals surface area contributed by atoms with Crippen LogP contribution in [0.1, 0.15) is 11.1 Å². The van der Waals surface area contributed by atoms with Crippen LogP contribution in [0.4, 0.5) is 0 Å². The Morgan fingerprint density at radius 3 is 1.43 bits per heavy atom. The summed E-state index contributed by atoms with van der Waals surface area (Å²) in [7, 11) is -0.702. The zero-order valence-corrected chi connectivity index (χ0v) is 22.2. The van der Waals surface area contributed by atoms with Gasteiger partial charge in [-0.3, -0.25) is 0 Å². The molecule has 1 heterocycles. The smallest absolute Gasteiger partial charge is 0.277 e. The second-order valence-corrected chi connectivity index (χ2v) is 10.1. The van der Waals surface area contributed by atoms with E-state index in [1.807, 2.05) is 60.7 Å². The molecule has 3 rings (SSSR count). The molecular weight excluding hydrogens is 500 g/mol. The van der Waals surface area contributed by atoms with Gasteiger partial charge in [-0.2, -0.15) is 17.9 Å². The Morgan fingerprint density at radius 1 is 0.649 bits per heavy atom. The van der Waals surface area contributed by atoms with Crippen molar-refractivity contribution in [1.29, 1.82) is 0 Å². The van der Waals surface area contributed by atoms with E-state index in [1.165, 1.54) is 0 Å². The van der Waals surface area contributed by atoms with Gasteiger partial charge >= 0.3 is 0 Å². The van der Waals surface area contributed by atoms with Crippen LogP contribution in [0.15, 0.2) is 60.7 Å². The first-order valence-electron chi connectivity index (χ1n) is 12.3. The summed E-state index contributed by atoms with van der Waals surface area (Å²) in [5.74, 6) is 0. The molecule has 0 spiro atoms. The molecule has 37 heavy (non-hydrogen) atoms. The summed E-state index contributed by atoms with van der Waals surface area (Å²) >= 11 is 0. The van der Waals surface area contributed by atoms with Gasteiger partial charge in [-0.05, 0) is 24.0 Å². The fourth-order valence-corrected chi connectivity index (χ4v) is 5.45. The van der Waals surface area contributed by atoms with Crippen molar-refractivity contribution in [2.75, 3.05) is 54.2 Å². The summed E-state index contributed by atoms with van der Waals surface area (Å²) in [5.41, 5.74) is 1.92. The average Bonchev–Trinajstić information content (AvgIpc) is 2.98. The van der Waals surface area contributed by atoms with Crippen molar-refractivity contribution >= 4 is 10.2 Å². The van der Waals surface area contributed by atoms with E-state index in [2.05, 4.69) is 9.44 Å². The molecule has 0 aromatic heterocycles. The number of ether oxygens (including phenoxy) is 6. The van der Waals surface area contributed by atoms with Crippen molar-refractivity contribution in [3.8, 4) is 0 Å². The quantitative estimate of drug-likeness (QED) is 0.245. The number of rotatable bonds is 16. The van der Waals surface area contributed by atoms with Gasteiger partial charge < -0.3 is 28.4 Å². The number of nitrogens with one attached hydrogen (secondary N) is 2. The van der Waals surface area contributed by atoms with E-state index in [0.717, 1.165) is 11.1 Å². The van der Waals surface area contributed by atoms with Gasteiger partial charge in [0.05, 0.1) is 38.5 Å². The SMILES string of the molecule is COCCOCO[C@@H]1[C@@H](OCOCCOC)[C@@H](Cc2ccccc2)NS(=O)(=O)N[C@@H]1Cc1ccccc1. The molecule has 1 aliphatic rings.